The Bertz CT molecular complexity index is 394. The third-order valence-electron chi connectivity index (χ3n) is 4.14. The Kier molecular flexibility index (Phi) is 2.40. The van der Waals surface area contributed by atoms with Crippen molar-refractivity contribution in [2.24, 2.45) is 0 Å². The van der Waals surface area contributed by atoms with Crippen LogP contribution in [0.1, 0.15) is 24.0 Å². The van der Waals surface area contributed by atoms with E-state index in [9.17, 15) is 0 Å². The fourth-order valence-electron chi connectivity index (χ4n) is 3.03. The number of fused-ring (bicyclic) bond motifs is 1. The molecule has 2 nitrogen and oxygen atoms in total. The van der Waals surface area contributed by atoms with Crippen molar-refractivity contribution in [2.75, 3.05) is 38.1 Å². The quantitative estimate of drug-likeness (QED) is 0.747. The normalized spacial score (nSPS) is 21.0. The molecule has 0 aromatic heterocycles. The van der Waals surface area contributed by atoms with Crippen LogP contribution in [0.4, 0.5) is 5.69 Å². The number of hydrogen-bond donors (Lipinski definition) is 0. The molecule has 1 aromatic carbocycles. The molecule has 2 aliphatic heterocycles. The van der Waals surface area contributed by atoms with Gasteiger partial charge in [0.2, 0.25) is 0 Å². The van der Waals surface area contributed by atoms with Crippen LogP contribution >= 0.6 is 0 Å². The first-order chi connectivity index (χ1) is 7.79. The molecule has 2 heterocycles. The van der Waals surface area contributed by atoms with E-state index in [2.05, 4.69) is 42.0 Å². The van der Waals surface area contributed by atoms with Crippen molar-refractivity contribution in [1.82, 2.24) is 4.90 Å². The number of rotatable bonds is 2. The molecule has 0 aliphatic carbocycles. The van der Waals surface area contributed by atoms with Crippen LogP contribution in [0.5, 0.6) is 0 Å². The highest BCUT2D eigenvalue weighted by atomic mass is 15.2. The number of likely N-dealkylation sites (N-methyl/N-ethyl adjacent to an activating group) is 2. The van der Waals surface area contributed by atoms with Gasteiger partial charge in [-0.1, -0.05) is 19.1 Å². The maximum Gasteiger partial charge on any atom is 0.0399 e. The van der Waals surface area contributed by atoms with Crippen LogP contribution < -0.4 is 4.90 Å². The van der Waals surface area contributed by atoms with Crippen molar-refractivity contribution in [3.05, 3.63) is 29.3 Å². The third-order valence-corrected chi connectivity index (χ3v) is 4.14. The van der Waals surface area contributed by atoms with Crippen molar-refractivity contribution in [3.8, 4) is 0 Å². The molecule has 86 valence electrons. The smallest absolute Gasteiger partial charge is 0.0399 e. The maximum absolute atomic E-state index is 2.52. The molecule has 1 aromatic rings. The van der Waals surface area contributed by atoms with Gasteiger partial charge in [0.1, 0.15) is 0 Å². The highest BCUT2D eigenvalue weighted by Crippen LogP contribution is 2.36. The first kappa shape index (κ1) is 10.2. The van der Waals surface area contributed by atoms with Crippen molar-refractivity contribution >= 4 is 5.69 Å². The van der Waals surface area contributed by atoms with Crippen molar-refractivity contribution in [3.63, 3.8) is 0 Å². The van der Waals surface area contributed by atoms with E-state index in [0.29, 0.717) is 0 Å². The predicted molar refractivity (Wildman–Crippen MR) is 68.3 cm³/mol. The van der Waals surface area contributed by atoms with Gasteiger partial charge in [-0.05, 0) is 30.2 Å². The van der Waals surface area contributed by atoms with Gasteiger partial charge >= 0.3 is 0 Å². The van der Waals surface area contributed by atoms with Crippen molar-refractivity contribution in [1.29, 1.82) is 0 Å². The molecule has 16 heavy (non-hydrogen) atoms. The van der Waals surface area contributed by atoms with Gasteiger partial charge < -0.3 is 9.80 Å². The van der Waals surface area contributed by atoms with Gasteiger partial charge in [-0.25, -0.2) is 0 Å². The summed E-state index contributed by atoms with van der Waals surface area (Å²) in [6, 6.07) is 6.84. The van der Waals surface area contributed by atoms with E-state index < -0.39 is 0 Å². The first-order valence-corrected chi connectivity index (χ1v) is 6.35. The van der Waals surface area contributed by atoms with E-state index in [0.717, 1.165) is 5.92 Å². The largest absolute Gasteiger partial charge is 0.374 e. The van der Waals surface area contributed by atoms with Gasteiger partial charge in [0.25, 0.3) is 0 Å². The molecule has 3 rings (SSSR count). The second-order valence-electron chi connectivity index (χ2n) is 5.07. The van der Waals surface area contributed by atoms with Crippen LogP contribution in [0.15, 0.2) is 18.2 Å². The molecule has 2 heteroatoms. The SMILES string of the molecule is CCN1CC(c2cccc3c2CCN3C)C1. The summed E-state index contributed by atoms with van der Waals surface area (Å²) >= 11 is 0. The average molecular weight is 216 g/mol. The summed E-state index contributed by atoms with van der Waals surface area (Å²) in [5, 5.41) is 0. The number of likely N-dealkylation sites (tertiary alicyclic amines) is 1. The lowest BCUT2D eigenvalue weighted by Gasteiger charge is -2.39. The zero-order valence-corrected chi connectivity index (χ0v) is 10.2. The maximum atomic E-state index is 2.52. The molecule has 0 spiro atoms. The molecule has 2 aliphatic rings. The number of anilines is 1. The summed E-state index contributed by atoms with van der Waals surface area (Å²) in [6.45, 7) is 7.16. The van der Waals surface area contributed by atoms with Crippen LogP contribution in [0.25, 0.3) is 0 Å². The minimum atomic E-state index is 0.793. The van der Waals surface area contributed by atoms with Crippen LogP contribution in [-0.4, -0.2) is 38.1 Å². The minimum absolute atomic E-state index is 0.793. The molecular formula is C14H20N2. The lowest BCUT2D eigenvalue weighted by molar-refractivity contribution is 0.157. The standard InChI is InChI=1S/C14H20N2/c1-3-16-9-11(10-16)12-5-4-6-14-13(12)7-8-15(14)2/h4-6,11H,3,7-10H2,1-2H3. The molecule has 0 saturated carbocycles. The number of hydrogen-bond acceptors (Lipinski definition) is 2. The Labute approximate surface area is 97.9 Å². The highest BCUT2D eigenvalue weighted by molar-refractivity contribution is 5.61. The van der Waals surface area contributed by atoms with E-state index in [1.165, 1.54) is 38.3 Å². The Hall–Kier alpha value is -1.02. The molecule has 0 bridgehead atoms. The van der Waals surface area contributed by atoms with Gasteiger partial charge in [-0.3, -0.25) is 0 Å². The fraction of sp³-hybridized carbons (Fsp3) is 0.571. The van der Waals surface area contributed by atoms with E-state index in [4.69, 9.17) is 0 Å². The first-order valence-electron chi connectivity index (χ1n) is 6.35. The molecule has 0 amide bonds. The van der Waals surface area contributed by atoms with Crippen LogP contribution in [0.3, 0.4) is 0 Å². The van der Waals surface area contributed by atoms with Crippen LogP contribution in [0.2, 0.25) is 0 Å². The zero-order chi connectivity index (χ0) is 11.1. The zero-order valence-electron chi connectivity index (χ0n) is 10.2. The lowest BCUT2D eigenvalue weighted by Crippen LogP contribution is -2.44. The number of nitrogens with zero attached hydrogens (tertiary/aromatic N) is 2. The monoisotopic (exact) mass is 216 g/mol. The van der Waals surface area contributed by atoms with E-state index in [-0.39, 0.29) is 0 Å². The second kappa shape index (κ2) is 3.77. The predicted octanol–water partition coefficient (Wildman–Crippen LogP) is 2.10. The summed E-state index contributed by atoms with van der Waals surface area (Å²) in [4.78, 5) is 4.90. The summed E-state index contributed by atoms with van der Waals surface area (Å²) in [5.74, 6) is 0.793. The molecule has 1 saturated heterocycles. The molecule has 1 fully saturated rings. The highest BCUT2D eigenvalue weighted by Gasteiger charge is 2.30. The molecule has 0 radical (unpaired) electrons. The van der Waals surface area contributed by atoms with Gasteiger partial charge in [0.05, 0.1) is 0 Å². The van der Waals surface area contributed by atoms with Gasteiger partial charge in [-0.15, -0.1) is 0 Å². The van der Waals surface area contributed by atoms with E-state index in [1.807, 2.05) is 0 Å². The molecule has 0 unspecified atom stereocenters. The third kappa shape index (κ3) is 1.44. The fourth-order valence-corrected chi connectivity index (χ4v) is 3.03. The van der Waals surface area contributed by atoms with E-state index >= 15 is 0 Å². The van der Waals surface area contributed by atoms with Gasteiger partial charge in [0, 0.05) is 38.3 Å². The summed E-state index contributed by atoms with van der Waals surface area (Å²) in [7, 11) is 2.20. The Morgan fingerprint density at radius 2 is 2.12 bits per heavy atom. The van der Waals surface area contributed by atoms with Crippen molar-refractivity contribution in [2.45, 2.75) is 19.3 Å². The van der Waals surface area contributed by atoms with Gasteiger partial charge in [-0.2, -0.15) is 0 Å². The van der Waals surface area contributed by atoms with Gasteiger partial charge in [0.15, 0.2) is 0 Å². The number of benzene rings is 1. The average Bonchev–Trinajstić information content (AvgIpc) is 2.60. The van der Waals surface area contributed by atoms with Crippen LogP contribution in [0, 0.1) is 0 Å². The minimum Gasteiger partial charge on any atom is -0.374 e. The topological polar surface area (TPSA) is 6.48 Å². The van der Waals surface area contributed by atoms with Crippen LogP contribution in [-0.2, 0) is 6.42 Å². The summed E-state index contributed by atoms with van der Waals surface area (Å²) < 4.78 is 0. The summed E-state index contributed by atoms with van der Waals surface area (Å²) in [6.07, 6.45) is 1.24. The molecule has 0 atom stereocenters. The Morgan fingerprint density at radius 1 is 1.31 bits per heavy atom. The van der Waals surface area contributed by atoms with Crippen molar-refractivity contribution < 1.29 is 0 Å². The van der Waals surface area contributed by atoms with E-state index in [1.54, 1.807) is 11.1 Å². The molecule has 0 N–H and O–H groups in total. The molecular weight excluding hydrogens is 196 g/mol. The lowest BCUT2D eigenvalue weighted by atomic mass is 9.87. The summed E-state index contributed by atoms with van der Waals surface area (Å²) in [5.41, 5.74) is 4.70. The Balaban J connectivity index is 1.87. The Morgan fingerprint density at radius 3 is 2.88 bits per heavy atom. The second-order valence-corrected chi connectivity index (χ2v) is 5.07.